The number of nitrogens with one attached hydrogen (secondary N) is 2. The van der Waals surface area contributed by atoms with Gasteiger partial charge in [-0.3, -0.25) is 9.59 Å². The van der Waals surface area contributed by atoms with Crippen molar-refractivity contribution < 1.29 is 9.59 Å². The molecule has 0 unspecified atom stereocenters. The summed E-state index contributed by atoms with van der Waals surface area (Å²) < 4.78 is 0. The molecule has 2 N–H and O–H groups in total. The fourth-order valence-corrected chi connectivity index (χ4v) is 3.11. The first-order valence-corrected chi connectivity index (χ1v) is 7.86. The number of amides is 2. The molecule has 4 nitrogen and oxygen atoms in total. The van der Waals surface area contributed by atoms with Gasteiger partial charge in [-0.05, 0) is 42.9 Å². The van der Waals surface area contributed by atoms with Crippen LogP contribution >= 0.6 is 11.6 Å². The summed E-state index contributed by atoms with van der Waals surface area (Å²) in [6.45, 7) is 0. The second-order valence-corrected chi connectivity index (χ2v) is 6.32. The zero-order valence-corrected chi connectivity index (χ0v) is 12.5. The number of hydrogen-bond donors (Lipinski definition) is 2. The van der Waals surface area contributed by atoms with E-state index in [1.54, 1.807) is 0 Å². The number of benzene rings is 1. The smallest absolute Gasteiger partial charge is 0.243 e. The van der Waals surface area contributed by atoms with Crippen molar-refractivity contribution in [2.45, 2.75) is 44.2 Å². The molecule has 1 aromatic rings. The van der Waals surface area contributed by atoms with Gasteiger partial charge in [-0.2, -0.15) is 0 Å². The zero-order chi connectivity index (χ0) is 14.8. The van der Waals surface area contributed by atoms with E-state index in [4.69, 9.17) is 11.6 Å². The molecule has 0 radical (unpaired) electrons. The van der Waals surface area contributed by atoms with Crippen molar-refractivity contribution in [2.24, 2.45) is 5.92 Å². The third-order valence-corrected chi connectivity index (χ3v) is 4.71. The lowest BCUT2D eigenvalue weighted by atomic mass is 9.77. The van der Waals surface area contributed by atoms with E-state index in [2.05, 4.69) is 10.6 Å². The Morgan fingerprint density at radius 2 is 1.95 bits per heavy atom. The van der Waals surface area contributed by atoms with E-state index < -0.39 is 0 Å². The summed E-state index contributed by atoms with van der Waals surface area (Å²) in [4.78, 5) is 23.6. The normalized spacial score (nSPS) is 23.3. The van der Waals surface area contributed by atoms with Crippen molar-refractivity contribution in [1.29, 1.82) is 0 Å². The lowest BCUT2D eigenvalue weighted by molar-refractivity contribution is -0.126. The van der Waals surface area contributed by atoms with Crippen LogP contribution < -0.4 is 10.6 Å². The van der Waals surface area contributed by atoms with Gasteiger partial charge < -0.3 is 10.6 Å². The minimum absolute atomic E-state index is 0.0148. The monoisotopic (exact) mass is 306 g/mol. The fraction of sp³-hybridized carbons (Fsp3) is 0.500. The number of carbonyl (C=O) groups excluding carboxylic acids is 2. The number of hydrogen-bond acceptors (Lipinski definition) is 2. The molecule has 112 valence electrons. The molecule has 5 heteroatoms. The zero-order valence-electron chi connectivity index (χ0n) is 11.8. The molecular formula is C16H19ClN2O2. The average Bonchev–Trinajstić information content (AvgIpc) is 2.83. The standard InChI is InChI=1S/C16H19ClN2O2/c17-12-6-4-11(5-7-12)15(10-2-1-3-10)19-16(21)13-8-9-14(20)18-13/h4-7,10,13,15H,1-3,8-9H2,(H,18,20)(H,19,21)/t13-,15-/m0/s1. The molecule has 2 amide bonds. The summed E-state index contributed by atoms with van der Waals surface area (Å²) in [7, 11) is 0. The number of halogens is 1. The third kappa shape index (κ3) is 3.21. The summed E-state index contributed by atoms with van der Waals surface area (Å²) in [6, 6.07) is 7.28. The van der Waals surface area contributed by atoms with E-state index in [1.807, 2.05) is 24.3 Å². The molecule has 1 saturated carbocycles. The van der Waals surface area contributed by atoms with Crippen molar-refractivity contribution in [3.63, 3.8) is 0 Å². The Bertz CT molecular complexity index is 540. The van der Waals surface area contributed by atoms with Crippen LogP contribution in [-0.2, 0) is 9.59 Å². The molecule has 1 heterocycles. The first-order chi connectivity index (χ1) is 10.1. The predicted molar refractivity (Wildman–Crippen MR) is 80.8 cm³/mol. The van der Waals surface area contributed by atoms with E-state index in [0.717, 1.165) is 18.4 Å². The van der Waals surface area contributed by atoms with Gasteiger partial charge in [0.1, 0.15) is 6.04 Å². The first-order valence-electron chi connectivity index (χ1n) is 7.48. The quantitative estimate of drug-likeness (QED) is 0.898. The van der Waals surface area contributed by atoms with Crippen LogP contribution in [0, 0.1) is 5.92 Å². The maximum absolute atomic E-state index is 12.3. The minimum atomic E-state index is -0.382. The molecule has 1 aromatic carbocycles. The summed E-state index contributed by atoms with van der Waals surface area (Å²) in [5.41, 5.74) is 1.08. The lowest BCUT2D eigenvalue weighted by Gasteiger charge is -2.35. The van der Waals surface area contributed by atoms with Gasteiger partial charge in [0.15, 0.2) is 0 Å². The summed E-state index contributed by atoms with van der Waals surface area (Å²) >= 11 is 5.93. The van der Waals surface area contributed by atoms with Gasteiger partial charge in [0, 0.05) is 11.4 Å². The van der Waals surface area contributed by atoms with Gasteiger partial charge in [0.25, 0.3) is 0 Å². The number of carbonyl (C=O) groups is 2. The first kappa shape index (κ1) is 14.4. The highest BCUT2D eigenvalue weighted by molar-refractivity contribution is 6.30. The third-order valence-electron chi connectivity index (χ3n) is 4.46. The lowest BCUT2D eigenvalue weighted by Crippen LogP contribution is -2.45. The highest BCUT2D eigenvalue weighted by Gasteiger charge is 2.33. The minimum Gasteiger partial charge on any atom is -0.347 e. The molecule has 1 aliphatic heterocycles. The van der Waals surface area contributed by atoms with Gasteiger partial charge in [-0.25, -0.2) is 0 Å². The Kier molecular flexibility index (Phi) is 4.15. The van der Waals surface area contributed by atoms with Crippen LogP contribution in [0.1, 0.15) is 43.7 Å². The second-order valence-electron chi connectivity index (χ2n) is 5.89. The Morgan fingerprint density at radius 1 is 1.24 bits per heavy atom. The van der Waals surface area contributed by atoms with E-state index in [-0.39, 0.29) is 23.9 Å². The molecular weight excluding hydrogens is 288 g/mol. The SMILES string of the molecule is O=C1CC[C@@H](C(=O)N[C@H](c2ccc(Cl)cc2)C2CCC2)N1. The van der Waals surface area contributed by atoms with Crippen molar-refractivity contribution in [3.8, 4) is 0 Å². The number of rotatable bonds is 4. The van der Waals surface area contributed by atoms with Crippen molar-refractivity contribution >= 4 is 23.4 Å². The second kappa shape index (κ2) is 6.06. The Labute approximate surface area is 129 Å². The van der Waals surface area contributed by atoms with Gasteiger partial charge >= 0.3 is 0 Å². The van der Waals surface area contributed by atoms with Crippen LogP contribution in [0.15, 0.2) is 24.3 Å². The Hall–Kier alpha value is -1.55. The molecule has 0 aromatic heterocycles. The summed E-state index contributed by atoms with van der Waals surface area (Å²) in [6.07, 6.45) is 4.50. The van der Waals surface area contributed by atoms with Crippen LogP contribution in [0.5, 0.6) is 0 Å². The van der Waals surface area contributed by atoms with Gasteiger partial charge in [-0.1, -0.05) is 30.2 Å². The molecule has 1 aliphatic carbocycles. The van der Waals surface area contributed by atoms with Crippen LogP contribution in [0.2, 0.25) is 5.02 Å². The molecule has 0 bridgehead atoms. The largest absolute Gasteiger partial charge is 0.347 e. The van der Waals surface area contributed by atoms with E-state index in [0.29, 0.717) is 23.8 Å². The van der Waals surface area contributed by atoms with Gasteiger partial charge in [-0.15, -0.1) is 0 Å². The van der Waals surface area contributed by atoms with Gasteiger partial charge in [0.2, 0.25) is 11.8 Å². The molecule has 3 rings (SSSR count). The molecule has 2 fully saturated rings. The Morgan fingerprint density at radius 3 is 2.48 bits per heavy atom. The van der Waals surface area contributed by atoms with Crippen molar-refractivity contribution in [3.05, 3.63) is 34.9 Å². The van der Waals surface area contributed by atoms with Crippen LogP contribution in [-0.4, -0.2) is 17.9 Å². The van der Waals surface area contributed by atoms with Crippen LogP contribution in [0.3, 0.4) is 0 Å². The molecule has 21 heavy (non-hydrogen) atoms. The predicted octanol–water partition coefficient (Wildman–Crippen LogP) is 2.58. The maximum atomic E-state index is 12.3. The summed E-state index contributed by atoms with van der Waals surface area (Å²) in [5.74, 6) is 0.363. The average molecular weight is 307 g/mol. The van der Waals surface area contributed by atoms with Crippen LogP contribution in [0.25, 0.3) is 0 Å². The molecule has 2 atom stereocenters. The molecule has 0 spiro atoms. The molecule has 2 aliphatic rings. The van der Waals surface area contributed by atoms with Gasteiger partial charge in [0.05, 0.1) is 6.04 Å². The topological polar surface area (TPSA) is 58.2 Å². The fourth-order valence-electron chi connectivity index (χ4n) is 2.98. The van der Waals surface area contributed by atoms with Crippen LogP contribution in [0.4, 0.5) is 0 Å². The Balaban J connectivity index is 1.72. The van der Waals surface area contributed by atoms with E-state index in [9.17, 15) is 9.59 Å². The maximum Gasteiger partial charge on any atom is 0.243 e. The van der Waals surface area contributed by atoms with E-state index >= 15 is 0 Å². The van der Waals surface area contributed by atoms with Crippen molar-refractivity contribution in [1.82, 2.24) is 10.6 Å². The highest BCUT2D eigenvalue weighted by atomic mass is 35.5. The highest BCUT2D eigenvalue weighted by Crippen LogP contribution is 2.38. The van der Waals surface area contributed by atoms with Crippen molar-refractivity contribution in [2.75, 3.05) is 0 Å². The summed E-state index contributed by atoms with van der Waals surface area (Å²) in [5, 5.41) is 6.54. The van der Waals surface area contributed by atoms with E-state index in [1.165, 1.54) is 6.42 Å². The molecule has 1 saturated heterocycles.